The normalized spacial score (nSPS) is 12.1. The molecule has 3 rings (SSSR count). The number of halogens is 1. The molecule has 0 spiro atoms. The van der Waals surface area contributed by atoms with Gasteiger partial charge in [-0.2, -0.15) is 0 Å². The van der Waals surface area contributed by atoms with Crippen LogP contribution in [0.5, 0.6) is 0 Å². The Labute approximate surface area is 168 Å². The van der Waals surface area contributed by atoms with Gasteiger partial charge in [0, 0.05) is 35.1 Å². The lowest BCUT2D eigenvalue weighted by Crippen LogP contribution is -2.25. The predicted molar refractivity (Wildman–Crippen MR) is 108 cm³/mol. The topological polar surface area (TPSA) is 91.7 Å². The third-order valence-electron chi connectivity index (χ3n) is 4.09. The maximum Gasteiger partial charge on any atom is 0.240 e. The number of aromatic nitrogens is 1. The first-order valence-corrected chi connectivity index (χ1v) is 10.3. The van der Waals surface area contributed by atoms with Gasteiger partial charge < -0.3 is 5.21 Å². The van der Waals surface area contributed by atoms with Crippen molar-refractivity contribution in [2.75, 3.05) is 6.54 Å². The minimum atomic E-state index is -3.58. The fourth-order valence-corrected chi connectivity index (χ4v) is 3.80. The highest BCUT2D eigenvalue weighted by Crippen LogP contribution is 2.15. The van der Waals surface area contributed by atoms with Crippen LogP contribution in [0.2, 0.25) is 5.02 Å². The Morgan fingerprint density at radius 1 is 1.04 bits per heavy atom. The van der Waals surface area contributed by atoms with E-state index < -0.39 is 10.0 Å². The zero-order valence-electron chi connectivity index (χ0n) is 14.8. The van der Waals surface area contributed by atoms with Gasteiger partial charge in [0.1, 0.15) is 5.71 Å². The lowest BCUT2D eigenvalue weighted by Gasteiger charge is -2.08. The van der Waals surface area contributed by atoms with Crippen molar-refractivity contribution in [2.24, 2.45) is 5.16 Å². The van der Waals surface area contributed by atoms with Gasteiger partial charge in [-0.05, 0) is 48.4 Å². The molecular formula is C20H18ClN3O3S. The highest BCUT2D eigenvalue weighted by molar-refractivity contribution is 7.89. The predicted octanol–water partition coefficient (Wildman–Crippen LogP) is 3.48. The van der Waals surface area contributed by atoms with E-state index in [0.29, 0.717) is 22.7 Å². The molecule has 0 aliphatic rings. The highest BCUT2D eigenvalue weighted by Gasteiger charge is 2.13. The maximum atomic E-state index is 12.3. The van der Waals surface area contributed by atoms with Crippen molar-refractivity contribution in [3.8, 4) is 0 Å². The molecule has 0 bridgehead atoms. The first-order chi connectivity index (χ1) is 13.5. The summed E-state index contributed by atoms with van der Waals surface area (Å²) >= 11 is 5.79. The maximum absolute atomic E-state index is 12.3. The van der Waals surface area contributed by atoms with Crippen LogP contribution < -0.4 is 4.72 Å². The molecule has 1 aromatic heterocycles. The molecule has 1 heterocycles. The Hall–Kier alpha value is -2.74. The number of oxime groups is 1. The standard InChI is InChI=1S/C20H18ClN3O3S/c21-18-7-9-19(10-8-18)28(26,27)23-13-11-15-3-5-16(6-4-15)20(24-25)17-2-1-12-22-14-17/h1-10,12,14,23,25H,11,13H2/b24-20+. The number of nitrogens with one attached hydrogen (secondary N) is 1. The molecule has 0 atom stereocenters. The molecule has 3 aromatic rings. The van der Waals surface area contributed by atoms with E-state index in [2.05, 4.69) is 14.9 Å². The van der Waals surface area contributed by atoms with Crippen LogP contribution in [0, 0.1) is 0 Å². The Morgan fingerprint density at radius 2 is 1.75 bits per heavy atom. The monoisotopic (exact) mass is 415 g/mol. The molecule has 2 N–H and O–H groups in total. The molecule has 0 unspecified atom stereocenters. The second kappa shape index (κ2) is 8.97. The average molecular weight is 416 g/mol. The average Bonchev–Trinajstić information content (AvgIpc) is 2.71. The largest absolute Gasteiger partial charge is 0.410 e. The van der Waals surface area contributed by atoms with Gasteiger partial charge in [-0.1, -0.05) is 41.0 Å². The van der Waals surface area contributed by atoms with Crippen molar-refractivity contribution < 1.29 is 13.6 Å². The summed E-state index contributed by atoms with van der Waals surface area (Å²) in [6.07, 6.45) is 3.78. The second-order valence-electron chi connectivity index (χ2n) is 5.99. The molecule has 28 heavy (non-hydrogen) atoms. The fourth-order valence-electron chi connectivity index (χ4n) is 2.64. The number of hydrogen-bond acceptors (Lipinski definition) is 5. The molecule has 8 heteroatoms. The molecule has 0 saturated carbocycles. The van der Waals surface area contributed by atoms with Gasteiger partial charge in [0.05, 0.1) is 4.90 Å². The van der Waals surface area contributed by atoms with Crippen LogP contribution in [0.1, 0.15) is 16.7 Å². The molecule has 0 saturated heterocycles. The van der Waals surface area contributed by atoms with Crippen LogP contribution >= 0.6 is 11.6 Å². The van der Waals surface area contributed by atoms with Gasteiger partial charge in [-0.25, -0.2) is 13.1 Å². The lowest BCUT2D eigenvalue weighted by molar-refractivity contribution is 0.319. The van der Waals surface area contributed by atoms with Crippen LogP contribution in [-0.2, 0) is 16.4 Å². The smallest absolute Gasteiger partial charge is 0.240 e. The Morgan fingerprint density at radius 3 is 2.36 bits per heavy atom. The molecule has 0 fully saturated rings. The zero-order valence-corrected chi connectivity index (χ0v) is 16.4. The van der Waals surface area contributed by atoms with Crippen LogP contribution in [-0.4, -0.2) is 30.9 Å². The lowest BCUT2D eigenvalue weighted by atomic mass is 10.0. The number of hydrogen-bond donors (Lipinski definition) is 2. The summed E-state index contributed by atoms with van der Waals surface area (Å²) in [6.45, 7) is 0.258. The van der Waals surface area contributed by atoms with E-state index in [1.807, 2.05) is 30.3 Å². The first-order valence-electron chi connectivity index (χ1n) is 8.46. The van der Waals surface area contributed by atoms with Gasteiger partial charge >= 0.3 is 0 Å². The summed E-state index contributed by atoms with van der Waals surface area (Å²) in [6, 6.07) is 17.0. The third-order valence-corrected chi connectivity index (χ3v) is 5.82. The zero-order chi connectivity index (χ0) is 20.0. The molecule has 144 valence electrons. The van der Waals surface area contributed by atoms with Crippen LogP contribution in [0.4, 0.5) is 0 Å². The quantitative estimate of drug-likeness (QED) is 0.351. The van der Waals surface area contributed by atoms with Gasteiger partial charge in [0.2, 0.25) is 10.0 Å². The van der Waals surface area contributed by atoms with Crippen molar-refractivity contribution in [3.63, 3.8) is 0 Å². The third kappa shape index (κ3) is 4.95. The van der Waals surface area contributed by atoms with E-state index in [9.17, 15) is 13.6 Å². The number of nitrogens with zero attached hydrogens (tertiary/aromatic N) is 2. The van der Waals surface area contributed by atoms with Crippen LogP contribution in [0.15, 0.2) is 83.1 Å². The molecule has 6 nitrogen and oxygen atoms in total. The Balaban J connectivity index is 1.62. The van der Waals surface area contributed by atoms with Gasteiger partial charge in [-0.3, -0.25) is 4.98 Å². The Bertz CT molecular complexity index is 1050. The van der Waals surface area contributed by atoms with Crippen LogP contribution in [0.3, 0.4) is 0 Å². The van der Waals surface area contributed by atoms with Crippen molar-refractivity contribution in [1.82, 2.24) is 9.71 Å². The molecular weight excluding hydrogens is 398 g/mol. The molecule has 0 aliphatic carbocycles. The number of pyridine rings is 1. The summed E-state index contributed by atoms with van der Waals surface area (Å²) in [5.74, 6) is 0. The Kier molecular flexibility index (Phi) is 6.41. The van der Waals surface area contributed by atoms with Gasteiger partial charge in [-0.15, -0.1) is 0 Å². The minimum Gasteiger partial charge on any atom is -0.410 e. The van der Waals surface area contributed by atoms with E-state index in [1.54, 1.807) is 18.5 Å². The van der Waals surface area contributed by atoms with Gasteiger partial charge in [0.15, 0.2) is 0 Å². The van der Waals surface area contributed by atoms with E-state index in [0.717, 1.165) is 11.1 Å². The van der Waals surface area contributed by atoms with Crippen molar-refractivity contribution in [3.05, 3.63) is 94.8 Å². The molecule has 0 amide bonds. The van der Waals surface area contributed by atoms with Crippen LogP contribution in [0.25, 0.3) is 0 Å². The van der Waals surface area contributed by atoms with E-state index in [1.165, 1.54) is 24.3 Å². The number of benzene rings is 2. The van der Waals surface area contributed by atoms with E-state index >= 15 is 0 Å². The molecule has 0 aliphatic heterocycles. The van der Waals surface area contributed by atoms with E-state index in [-0.39, 0.29) is 11.4 Å². The van der Waals surface area contributed by atoms with Crippen molar-refractivity contribution >= 4 is 27.3 Å². The SMILES string of the molecule is O=S(=O)(NCCc1ccc(/C(=N\O)c2cccnc2)cc1)c1ccc(Cl)cc1. The summed E-state index contributed by atoms with van der Waals surface area (Å²) in [5, 5.41) is 13.2. The fraction of sp³-hybridized carbons (Fsp3) is 0.100. The first kappa shape index (κ1) is 20.0. The summed E-state index contributed by atoms with van der Waals surface area (Å²) in [7, 11) is -3.58. The highest BCUT2D eigenvalue weighted by atomic mass is 35.5. The van der Waals surface area contributed by atoms with Gasteiger partial charge in [0.25, 0.3) is 0 Å². The molecule has 0 radical (unpaired) electrons. The second-order valence-corrected chi connectivity index (χ2v) is 8.19. The van der Waals surface area contributed by atoms with E-state index in [4.69, 9.17) is 11.6 Å². The summed E-state index contributed by atoms with van der Waals surface area (Å²) in [5.41, 5.74) is 2.81. The summed E-state index contributed by atoms with van der Waals surface area (Å²) in [4.78, 5) is 4.20. The number of sulfonamides is 1. The molecule has 2 aromatic carbocycles. The van der Waals surface area contributed by atoms with Crippen molar-refractivity contribution in [1.29, 1.82) is 0 Å². The number of rotatable bonds is 7. The minimum absolute atomic E-state index is 0.174. The van der Waals surface area contributed by atoms with Crippen molar-refractivity contribution in [2.45, 2.75) is 11.3 Å². The summed E-state index contributed by atoms with van der Waals surface area (Å²) < 4.78 is 27.1.